The van der Waals surface area contributed by atoms with Crippen molar-refractivity contribution in [3.63, 3.8) is 0 Å². The molecular formula is C15H12N4O3. The van der Waals surface area contributed by atoms with Gasteiger partial charge in [-0.25, -0.2) is 4.98 Å². The molecule has 7 heteroatoms. The van der Waals surface area contributed by atoms with Crippen molar-refractivity contribution in [2.45, 2.75) is 6.42 Å². The summed E-state index contributed by atoms with van der Waals surface area (Å²) in [5, 5.41) is 16.0. The Morgan fingerprint density at radius 1 is 1.32 bits per heavy atom. The topological polar surface area (TPSA) is 105 Å². The molecule has 0 saturated carbocycles. The number of H-pyrrole nitrogens is 1. The number of furan rings is 1. The summed E-state index contributed by atoms with van der Waals surface area (Å²) < 4.78 is 5.13. The van der Waals surface area contributed by atoms with Crippen molar-refractivity contribution < 1.29 is 14.3 Å². The lowest BCUT2D eigenvalue weighted by Crippen LogP contribution is -2.00. The highest BCUT2D eigenvalue weighted by atomic mass is 16.3. The molecule has 3 aromatic rings. The van der Waals surface area contributed by atoms with Crippen molar-refractivity contribution in [1.29, 1.82) is 0 Å². The zero-order chi connectivity index (χ0) is 15.4. The van der Waals surface area contributed by atoms with Crippen LogP contribution in [0.15, 0.2) is 53.9 Å². The molecule has 0 amide bonds. The maximum absolute atomic E-state index is 12.2. The third-order valence-corrected chi connectivity index (χ3v) is 3.06. The third kappa shape index (κ3) is 2.93. The molecule has 0 radical (unpaired) electrons. The van der Waals surface area contributed by atoms with Gasteiger partial charge in [-0.3, -0.25) is 14.9 Å². The van der Waals surface area contributed by atoms with E-state index in [0.29, 0.717) is 12.0 Å². The summed E-state index contributed by atoms with van der Waals surface area (Å²) in [5.41, 5.74) is 2.13. The van der Waals surface area contributed by atoms with E-state index in [1.54, 1.807) is 12.4 Å². The van der Waals surface area contributed by atoms with Crippen LogP contribution in [0.5, 0.6) is 0 Å². The second-order valence-electron chi connectivity index (χ2n) is 4.56. The highest BCUT2D eigenvalue weighted by Crippen LogP contribution is 2.17. The smallest absolute Gasteiger partial charge is 0.215 e. The van der Waals surface area contributed by atoms with E-state index in [1.165, 1.54) is 18.9 Å². The van der Waals surface area contributed by atoms with Crippen LogP contribution in [-0.2, 0) is 6.42 Å². The van der Waals surface area contributed by atoms with Gasteiger partial charge in [0.15, 0.2) is 11.5 Å². The van der Waals surface area contributed by atoms with Crippen molar-refractivity contribution in [3.05, 3.63) is 72.0 Å². The average molecular weight is 296 g/mol. The van der Waals surface area contributed by atoms with E-state index in [0.717, 1.165) is 17.2 Å². The molecule has 0 aliphatic rings. The normalized spacial score (nSPS) is 11.5. The predicted molar refractivity (Wildman–Crippen MR) is 77.1 cm³/mol. The summed E-state index contributed by atoms with van der Waals surface area (Å²) in [7, 11) is 0. The van der Waals surface area contributed by atoms with Crippen LogP contribution in [0.25, 0.3) is 5.76 Å². The molecule has 0 aromatic carbocycles. The number of carbonyl (C=O) groups excluding carboxylic acids is 1. The third-order valence-electron chi connectivity index (χ3n) is 3.06. The molecule has 7 nitrogen and oxygen atoms in total. The van der Waals surface area contributed by atoms with Gasteiger partial charge in [0.2, 0.25) is 5.82 Å². The minimum absolute atomic E-state index is 0.0625. The summed E-state index contributed by atoms with van der Waals surface area (Å²) in [6.07, 6.45) is 9.18. The van der Waals surface area contributed by atoms with Crippen molar-refractivity contribution in [2.24, 2.45) is 0 Å². The van der Waals surface area contributed by atoms with E-state index in [-0.39, 0.29) is 17.4 Å². The fraction of sp³-hybridized carbons (Fsp3) is 0.0667. The first-order chi connectivity index (χ1) is 10.7. The summed E-state index contributed by atoms with van der Waals surface area (Å²) in [4.78, 5) is 20.0. The number of nitrogens with one attached hydrogen (secondary N) is 1. The second kappa shape index (κ2) is 6.04. The summed E-state index contributed by atoms with van der Waals surface area (Å²) >= 11 is 0. The molecule has 22 heavy (non-hydrogen) atoms. The minimum Gasteiger partial charge on any atom is -0.504 e. The molecule has 0 spiro atoms. The van der Waals surface area contributed by atoms with Crippen LogP contribution in [0.2, 0.25) is 0 Å². The maximum Gasteiger partial charge on any atom is 0.215 e. The molecule has 0 unspecified atom stereocenters. The fourth-order valence-electron chi connectivity index (χ4n) is 2.00. The predicted octanol–water partition coefficient (Wildman–Crippen LogP) is 2.17. The van der Waals surface area contributed by atoms with Gasteiger partial charge in [0.05, 0.1) is 11.8 Å². The first-order valence-corrected chi connectivity index (χ1v) is 6.49. The number of allylic oxidation sites excluding steroid dienone is 1. The average Bonchev–Trinajstić information content (AvgIpc) is 3.19. The van der Waals surface area contributed by atoms with Crippen LogP contribution in [0.1, 0.15) is 27.3 Å². The van der Waals surface area contributed by atoms with Crippen LogP contribution in [0, 0.1) is 0 Å². The number of carbonyl (C=O) groups is 1. The molecule has 0 saturated heterocycles. The van der Waals surface area contributed by atoms with E-state index in [4.69, 9.17) is 4.42 Å². The van der Waals surface area contributed by atoms with Gasteiger partial charge in [-0.1, -0.05) is 0 Å². The highest BCUT2D eigenvalue weighted by Gasteiger charge is 2.15. The van der Waals surface area contributed by atoms with Crippen LogP contribution in [0.3, 0.4) is 0 Å². The lowest BCUT2D eigenvalue weighted by molar-refractivity contribution is 0.104. The van der Waals surface area contributed by atoms with Crippen LogP contribution in [-0.4, -0.2) is 31.1 Å². The number of hydrogen-bond donors (Lipinski definition) is 2. The van der Waals surface area contributed by atoms with Gasteiger partial charge >= 0.3 is 0 Å². The molecule has 0 bridgehead atoms. The Hall–Kier alpha value is -3.22. The second-order valence-corrected chi connectivity index (χ2v) is 4.56. The van der Waals surface area contributed by atoms with Crippen LogP contribution < -0.4 is 0 Å². The van der Waals surface area contributed by atoms with Crippen molar-refractivity contribution >= 4 is 11.5 Å². The first kappa shape index (κ1) is 13.7. The monoisotopic (exact) mass is 296 g/mol. The summed E-state index contributed by atoms with van der Waals surface area (Å²) in [5.74, 6) is -0.616. The van der Waals surface area contributed by atoms with Crippen LogP contribution >= 0.6 is 0 Å². The number of nitrogens with zero attached hydrogens (tertiary/aromatic N) is 3. The Morgan fingerprint density at radius 2 is 2.14 bits per heavy atom. The van der Waals surface area contributed by atoms with Crippen molar-refractivity contribution in [3.8, 4) is 0 Å². The van der Waals surface area contributed by atoms with E-state index in [9.17, 15) is 9.90 Å². The molecule has 2 N–H and O–H groups in total. The number of ketones is 1. The number of aromatic nitrogens is 4. The lowest BCUT2D eigenvalue weighted by atomic mass is 10.0. The number of hydrogen-bond acceptors (Lipinski definition) is 6. The number of aliphatic hydroxyl groups excluding tert-OH is 1. The SMILES string of the molecule is O=C(C=C(O)c1nc[nH]n1)c1cocc1Cc1ccncc1. The number of rotatable bonds is 5. The van der Waals surface area contributed by atoms with E-state index >= 15 is 0 Å². The molecule has 0 atom stereocenters. The Balaban J connectivity index is 1.82. The Bertz CT molecular complexity index is 791. The van der Waals surface area contributed by atoms with Gasteiger partial charge in [0.25, 0.3) is 0 Å². The summed E-state index contributed by atoms with van der Waals surface area (Å²) in [6, 6.07) is 3.73. The molecule has 3 heterocycles. The molecule has 3 rings (SSSR count). The van der Waals surface area contributed by atoms with Gasteiger partial charge in [-0.05, 0) is 17.7 Å². The Labute approximate surface area is 125 Å². The standard InChI is InChI=1S/C15H12N4O3/c20-13(6-14(21)15-17-9-18-19-15)12-8-22-7-11(12)5-10-1-3-16-4-2-10/h1-4,6-9,21H,5H2,(H,17,18,19). The molecule has 3 aromatic heterocycles. The molecule has 110 valence electrons. The molecule has 0 aliphatic carbocycles. The first-order valence-electron chi connectivity index (χ1n) is 6.49. The molecular weight excluding hydrogens is 284 g/mol. The fourth-order valence-corrected chi connectivity index (χ4v) is 2.00. The lowest BCUT2D eigenvalue weighted by Gasteiger charge is -2.00. The maximum atomic E-state index is 12.2. The number of aromatic amines is 1. The van der Waals surface area contributed by atoms with E-state index in [2.05, 4.69) is 20.2 Å². The van der Waals surface area contributed by atoms with Gasteiger partial charge < -0.3 is 9.52 Å². The molecule has 0 aliphatic heterocycles. The molecule has 0 fully saturated rings. The quantitative estimate of drug-likeness (QED) is 0.424. The van der Waals surface area contributed by atoms with E-state index < -0.39 is 0 Å². The van der Waals surface area contributed by atoms with Crippen LogP contribution in [0.4, 0.5) is 0 Å². The summed E-state index contributed by atoms with van der Waals surface area (Å²) in [6.45, 7) is 0. The largest absolute Gasteiger partial charge is 0.504 e. The van der Waals surface area contributed by atoms with Crippen molar-refractivity contribution in [1.82, 2.24) is 20.2 Å². The zero-order valence-electron chi connectivity index (χ0n) is 11.4. The highest BCUT2D eigenvalue weighted by molar-refractivity contribution is 6.08. The Morgan fingerprint density at radius 3 is 2.86 bits per heavy atom. The van der Waals surface area contributed by atoms with Crippen molar-refractivity contribution in [2.75, 3.05) is 0 Å². The van der Waals surface area contributed by atoms with Gasteiger partial charge in [-0.2, -0.15) is 5.10 Å². The van der Waals surface area contributed by atoms with Gasteiger partial charge in [0.1, 0.15) is 12.6 Å². The van der Waals surface area contributed by atoms with Gasteiger partial charge in [0, 0.05) is 30.5 Å². The minimum atomic E-state index is -0.375. The van der Waals surface area contributed by atoms with Gasteiger partial charge in [-0.15, -0.1) is 0 Å². The zero-order valence-corrected chi connectivity index (χ0v) is 11.4. The Kier molecular flexibility index (Phi) is 3.78. The van der Waals surface area contributed by atoms with E-state index in [1.807, 2.05) is 12.1 Å². The number of aliphatic hydroxyl groups is 1. The number of pyridine rings is 1.